The summed E-state index contributed by atoms with van der Waals surface area (Å²) in [6.07, 6.45) is 3.28. The molecule has 2 atom stereocenters. The summed E-state index contributed by atoms with van der Waals surface area (Å²) in [5.74, 6) is 3.21. The van der Waals surface area contributed by atoms with E-state index >= 15 is 0 Å². The van der Waals surface area contributed by atoms with E-state index in [1.54, 1.807) is 4.68 Å². The van der Waals surface area contributed by atoms with Gasteiger partial charge in [-0.15, -0.1) is 10.2 Å². The minimum Gasteiger partial charge on any atom is -0.492 e. The second-order valence-corrected chi connectivity index (χ2v) is 14.0. The molecule has 2 amide bonds. The fourth-order valence-corrected chi connectivity index (χ4v) is 5.93. The van der Waals surface area contributed by atoms with Gasteiger partial charge >= 0.3 is 6.03 Å². The molecule has 2 N–H and O–H groups in total. The van der Waals surface area contributed by atoms with Crippen LogP contribution in [0.15, 0.2) is 72.9 Å². The zero-order valence-corrected chi connectivity index (χ0v) is 28.9. The van der Waals surface area contributed by atoms with Gasteiger partial charge in [-0.05, 0) is 62.3 Å². The van der Waals surface area contributed by atoms with E-state index in [2.05, 4.69) is 72.5 Å². The van der Waals surface area contributed by atoms with Gasteiger partial charge in [0.2, 0.25) is 0 Å². The first-order valence-electron chi connectivity index (χ1n) is 16.6. The Morgan fingerprint density at radius 2 is 1.77 bits per heavy atom. The molecule has 11 heteroatoms. The molecule has 11 nitrogen and oxygen atoms in total. The molecular formula is C37H46N8O3. The van der Waals surface area contributed by atoms with Crippen LogP contribution < -0.4 is 20.1 Å². The Kier molecular flexibility index (Phi) is 9.41. The normalized spacial score (nSPS) is 16.3. The zero-order chi connectivity index (χ0) is 34.0. The number of benzene rings is 2. The molecule has 0 bridgehead atoms. The number of likely N-dealkylation sites (N-methyl/N-ethyl adjacent to an activating group) is 1. The first-order valence-corrected chi connectivity index (χ1v) is 16.6. The van der Waals surface area contributed by atoms with Gasteiger partial charge in [-0.25, -0.2) is 9.48 Å². The van der Waals surface area contributed by atoms with Gasteiger partial charge in [0.1, 0.15) is 35.9 Å². The number of carbonyl (C=O) groups is 1. The summed E-state index contributed by atoms with van der Waals surface area (Å²) in [5, 5.41) is 19.9. The van der Waals surface area contributed by atoms with Crippen LogP contribution in [0.25, 0.3) is 11.3 Å². The van der Waals surface area contributed by atoms with Crippen molar-refractivity contribution in [2.75, 3.05) is 32.6 Å². The number of rotatable bonds is 10. The highest BCUT2D eigenvalue weighted by Crippen LogP contribution is 2.39. The number of hydrogen-bond acceptors (Lipinski definition) is 7. The number of hydrogen-bond donors (Lipinski definition) is 2. The Labute approximate surface area is 282 Å². The van der Waals surface area contributed by atoms with Crippen LogP contribution in [0.4, 0.5) is 10.6 Å². The second kappa shape index (κ2) is 13.7. The van der Waals surface area contributed by atoms with Crippen LogP contribution in [0, 0.1) is 0 Å². The zero-order valence-electron chi connectivity index (χ0n) is 28.9. The third kappa shape index (κ3) is 7.31. The van der Waals surface area contributed by atoms with Crippen molar-refractivity contribution < 1.29 is 14.3 Å². The number of ether oxygens (including phenoxy) is 2. The lowest BCUT2D eigenvalue weighted by Crippen LogP contribution is -2.36. The van der Waals surface area contributed by atoms with Gasteiger partial charge in [0, 0.05) is 30.0 Å². The molecule has 1 aliphatic rings. The van der Waals surface area contributed by atoms with Crippen molar-refractivity contribution in [1.82, 2.24) is 34.6 Å². The van der Waals surface area contributed by atoms with Crippen LogP contribution >= 0.6 is 0 Å². The fourth-order valence-electron chi connectivity index (χ4n) is 5.93. The minimum absolute atomic E-state index is 0.151. The summed E-state index contributed by atoms with van der Waals surface area (Å²) in [6.45, 7) is 11.9. The molecule has 0 saturated carbocycles. The number of nitrogens with one attached hydrogen (secondary N) is 2. The predicted molar refractivity (Wildman–Crippen MR) is 187 cm³/mol. The standard InChI is InChI=1S/C37H46N8O3/c1-24(2)35-41-40-33-18-15-27(23-44(33)35)48-31-17-16-30(28-13-8-9-14-29(28)31)38-36(46)39-34-22-32(37(3,4)5)42-45(34)25-11-10-12-26(21-25)47-20-19-43(6)7/h8-15,18,21-24,30-31H,16-17,19-20H2,1-7H3,(H2,38,39,46)/t30?,31-/m1/s1. The SMILES string of the molecule is CC(C)c1nnc2ccc(O[C@@H]3CCC(NC(=O)Nc4cc(C(C)(C)C)nn4-c4cccc(OCCN(C)C)c4)c4ccccc43)cn12. The second-order valence-electron chi connectivity index (χ2n) is 14.0. The summed E-state index contributed by atoms with van der Waals surface area (Å²) in [7, 11) is 4.03. The topological polar surface area (TPSA) is 111 Å². The number of amides is 2. The summed E-state index contributed by atoms with van der Waals surface area (Å²) >= 11 is 0. The molecule has 252 valence electrons. The van der Waals surface area contributed by atoms with Crippen LogP contribution in [0.1, 0.15) is 88.2 Å². The lowest BCUT2D eigenvalue weighted by molar-refractivity contribution is 0.171. The van der Waals surface area contributed by atoms with Crippen molar-refractivity contribution in [2.45, 2.75) is 70.9 Å². The van der Waals surface area contributed by atoms with Crippen LogP contribution in [-0.4, -0.2) is 62.6 Å². The highest BCUT2D eigenvalue weighted by atomic mass is 16.5. The Hall–Kier alpha value is -4.90. The maximum atomic E-state index is 13.6. The summed E-state index contributed by atoms with van der Waals surface area (Å²) in [6, 6.07) is 21.3. The van der Waals surface area contributed by atoms with Crippen molar-refractivity contribution >= 4 is 17.5 Å². The molecule has 0 radical (unpaired) electrons. The van der Waals surface area contributed by atoms with Crippen molar-refractivity contribution in [2.24, 2.45) is 0 Å². The molecule has 5 aromatic rings. The highest BCUT2D eigenvalue weighted by Gasteiger charge is 2.30. The molecule has 0 fully saturated rings. The largest absolute Gasteiger partial charge is 0.492 e. The summed E-state index contributed by atoms with van der Waals surface area (Å²) in [4.78, 5) is 15.7. The van der Waals surface area contributed by atoms with E-state index < -0.39 is 0 Å². The van der Waals surface area contributed by atoms with Gasteiger partial charge in [-0.2, -0.15) is 5.10 Å². The number of urea groups is 1. The monoisotopic (exact) mass is 650 g/mol. The quantitative estimate of drug-likeness (QED) is 0.167. The molecular weight excluding hydrogens is 604 g/mol. The first-order chi connectivity index (χ1) is 23.0. The van der Waals surface area contributed by atoms with Gasteiger partial charge in [-0.3, -0.25) is 9.72 Å². The average Bonchev–Trinajstić information content (AvgIpc) is 3.67. The van der Waals surface area contributed by atoms with E-state index in [-0.39, 0.29) is 29.5 Å². The average molecular weight is 651 g/mol. The lowest BCUT2D eigenvalue weighted by Gasteiger charge is -2.32. The predicted octanol–water partition coefficient (Wildman–Crippen LogP) is 7.05. The van der Waals surface area contributed by atoms with Crippen molar-refractivity contribution in [3.63, 3.8) is 0 Å². The van der Waals surface area contributed by atoms with E-state index in [1.165, 1.54) is 0 Å². The van der Waals surface area contributed by atoms with Gasteiger partial charge in [-0.1, -0.05) is 65.0 Å². The lowest BCUT2D eigenvalue weighted by atomic mass is 9.85. The summed E-state index contributed by atoms with van der Waals surface area (Å²) < 4.78 is 16.3. The number of nitrogens with zero attached hydrogens (tertiary/aromatic N) is 6. The molecule has 2 aromatic carbocycles. The molecule has 3 heterocycles. The van der Waals surface area contributed by atoms with Crippen molar-refractivity contribution in [1.29, 1.82) is 0 Å². The molecule has 0 spiro atoms. The molecule has 48 heavy (non-hydrogen) atoms. The smallest absolute Gasteiger partial charge is 0.320 e. The van der Waals surface area contributed by atoms with Crippen LogP contribution in [0.2, 0.25) is 0 Å². The van der Waals surface area contributed by atoms with Gasteiger partial charge < -0.3 is 19.7 Å². The molecule has 3 aromatic heterocycles. The van der Waals surface area contributed by atoms with E-state index in [0.717, 1.165) is 64.9 Å². The summed E-state index contributed by atoms with van der Waals surface area (Å²) in [5.41, 5.74) is 4.35. The van der Waals surface area contributed by atoms with Gasteiger partial charge in [0.05, 0.1) is 23.6 Å². The Bertz CT molecular complexity index is 1890. The number of anilines is 1. The highest BCUT2D eigenvalue weighted by molar-refractivity contribution is 5.89. The molecule has 1 unspecified atom stereocenters. The molecule has 0 saturated heterocycles. The van der Waals surface area contributed by atoms with Crippen molar-refractivity contribution in [3.8, 4) is 17.2 Å². The van der Waals surface area contributed by atoms with Crippen molar-refractivity contribution in [3.05, 3.63) is 95.6 Å². The molecule has 1 aliphatic carbocycles. The van der Waals surface area contributed by atoms with Crippen LogP contribution in [0.5, 0.6) is 11.5 Å². The fraction of sp³-hybridized carbons (Fsp3) is 0.405. The number of pyridine rings is 1. The van der Waals surface area contributed by atoms with E-state index in [1.807, 2.05) is 79.3 Å². The maximum absolute atomic E-state index is 13.6. The van der Waals surface area contributed by atoms with E-state index in [9.17, 15) is 4.79 Å². The Morgan fingerprint density at radius 3 is 2.52 bits per heavy atom. The molecule has 6 rings (SSSR count). The van der Waals surface area contributed by atoms with Gasteiger partial charge in [0.25, 0.3) is 0 Å². The third-order valence-electron chi connectivity index (χ3n) is 8.53. The Morgan fingerprint density at radius 1 is 0.979 bits per heavy atom. The number of aromatic nitrogens is 5. The first kappa shape index (κ1) is 33.0. The minimum atomic E-state index is -0.298. The Balaban J connectivity index is 1.19. The maximum Gasteiger partial charge on any atom is 0.320 e. The molecule has 0 aliphatic heterocycles. The van der Waals surface area contributed by atoms with E-state index in [0.29, 0.717) is 12.4 Å². The third-order valence-corrected chi connectivity index (χ3v) is 8.53. The van der Waals surface area contributed by atoms with Gasteiger partial charge in [0.15, 0.2) is 5.65 Å². The number of fused-ring (bicyclic) bond motifs is 2. The van der Waals surface area contributed by atoms with E-state index in [4.69, 9.17) is 14.6 Å². The van der Waals surface area contributed by atoms with Crippen LogP contribution in [0.3, 0.4) is 0 Å². The number of carbonyl (C=O) groups excluding carboxylic acids is 1. The van der Waals surface area contributed by atoms with Crippen LogP contribution in [-0.2, 0) is 5.41 Å².